The van der Waals surface area contributed by atoms with E-state index < -0.39 is 11.7 Å². The third-order valence-electron chi connectivity index (χ3n) is 4.75. The number of aryl methyl sites for hydroxylation is 1. The van der Waals surface area contributed by atoms with Gasteiger partial charge < -0.3 is 19.5 Å². The lowest BCUT2D eigenvalue weighted by Crippen LogP contribution is -2.56. The Labute approximate surface area is 134 Å². The molecule has 3 rings (SSSR count). The molecular formula is C16H23NO4S. The van der Waals surface area contributed by atoms with Crippen LogP contribution in [-0.2, 0) is 4.74 Å². The first-order chi connectivity index (χ1) is 10.6. The van der Waals surface area contributed by atoms with E-state index in [0.717, 1.165) is 17.7 Å². The minimum Gasteiger partial charge on any atom is -0.495 e. The number of likely N-dealkylation sites (tertiary alicyclic amines) is 1. The van der Waals surface area contributed by atoms with Crippen LogP contribution in [0.2, 0.25) is 0 Å². The maximum atomic E-state index is 12.7. The van der Waals surface area contributed by atoms with E-state index in [0.29, 0.717) is 43.2 Å². The number of thiophene rings is 1. The monoisotopic (exact) mass is 325 g/mol. The van der Waals surface area contributed by atoms with Crippen molar-refractivity contribution in [2.45, 2.75) is 44.3 Å². The van der Waals surface area contributed by atoms with Gasteiger partial charge in [0.25, 0.3) is 5.91 Å². The number of ether oxygens (including phenoxy) is 2. The Morgan fingerprint density at radius 2 is 2.23 bits per heavy atom. The van der Waals surface area contributed by atoms with Crippen LogP contribution < -0.4 is 4.74 Å². The predicted molar refractivity (Wildman–Crippen MR) is 84.7 cm³/mol. The van der Waals surface area contributed by atoms with Crippen LogP contribution in [0.5, 0.6) is 5.75 Å². The Balaban J connectivity index is 1.69. The largest absolute Gasteiger partial charge is 0.495 e. The molecular weight excluding hydrogens is 302 g/mol. The van der Waals surface area contributed by atoms with Crippen LogP contribution in [-0.4, -0.2) is 54.4 Å². The highest BCUT2D eigenvalue weighted by molar-refractivity contribution is 7.14. The van der Waals surface area contributed by atoms with Crippen molar-refractivity contribution < 1.29 is 19.4 Å². The van der Waals surface area contributed by atoms with Crippen molar-refractivity contribution in [3.63, 3.8) is 0 Å². The molecule has 2 aliphatic rings. The number of aliphatic hydroxyl groups excluding tert-OH is 1. The average Bonchev–Trinajstić information content (AvgIpc) is 2.91. The summed E-state index contributed by atoms with van der Waals surface area (Å²) in [6, 6.07) is 1.90. The highest BCUT2D eigenvalue weighted by Crippen LogP contribution is 2.37. The molecule has 2 aliphatic heterocycles. The number of carbonyl (C=O) groups is 1. The lowest BCUT2D eigenvalue weighted by Gasteiger charge is -2.46. The Hall–Kier alpha value is -1.11. The number of methoxy groups -OCH3 is 1. The topological polar surface area (TPSA) is 59.0 Å². The molecule has 3 heterocycles. The van der Waals surface area contributed by atoms with Crippen molar-refractivity contribution in [3.05, 3.63) is 15.8 Å². The molecule has 1 spiro atoms. The molecule has 0 bridgehead atoms. The molecule has 1 atom stereocenters. The van der Waals surface area contributed by atoms with Gasteiger partial charge in [0.2, 0.25) is 0 Å². The van der Waals surface area contributed by atoms with Gasteiger partial charge in [-0.1, -0.05) is 0 Å². The van der Waals surface area contributed by atoms with E-state index in [1.165, 1.54) is 11.3 Å². The van der Waals surface area contributed by atoms with Gasteiger partial charge in [-0.2, -0.15) is 0 Å². The molecule has 0 radical (unpaired) electrons. The summed E-state index contributed by atoms with van der Waals surface area (Å²) in [5, 5.41) is 10.3. The Morgan fingerprint density at radius 1 is 1.50 bits per heavy atom. The van der Waals surface area contributed by atoms with E-state index in [1.54, 1.807) is 7.11 Å². The first kappa shape index (κ1) is 15.8. The van der Waals surface area contributed by atoms with E-state index in [-0.39, 0.29) is 5.91 Å². The fraction of sp³-hybridized carbons (Fsp3) is 0.688. The molecule has 1 aromatic heterocycles. The van der Waals surface area contributed by atoms with E-state index in [4.69, 9.17) is 9.47 Å². The molecule has 22 heavy (non-hydrogen) atoms. The summed E-state index contributed by atoms with van der Waals surface area (Å²) in [5.74, 6) is 0.678. The molecule has 0 unspecified atom stereocenters. The number of amides is 1. The first-order valence-electron chi connectivity index (χ1n) is 7.81. The molecule has 2 saturated heterocycles. The van der Waals surface area contributed by atoms with Crippen LogP contribution in [0, 0.1) is 6.92 Å². The molecule has 6 heteroatoms. The maximum absolute atomic E-state index is 12.7. The number of hydrogen-bond acceptors (Lipinski definition) is 5. The predicted octanol–water partition coefficient (Wildman–Crippen LogP) is 2.21. The van der Waals surface area contributed by atoms with Gasteiger partial charge in [0, 0.05) is 24.6 Å². The number of aliphatic hydroxyl groups is 1. The van der Waals surface area contributed by atoms with Crippen LogP contribution in [0.25, 0.3) is 0 Å². The normalized spacial score (nSPS) is 24.5. The molecule has 1 amide bonds. The van der Waals surface area contributed by atoms with Crippen LogP contribution in [0.1, 0.15) is 40.2 Å². The fourth-order valence-corrected chi connectivity index (χ4v) is 4.36. The third-order valence-corrected chi connectivity index (χ3v) is 5.77. The number of carbonyl (C=O) groups excluding carboxylic acids is 1. The summed E-state index contributed by atoms with van der Waals surface area (Å²) in [6.07, 6.45) is 2.71. The van der Waals surface area contributed by atoms with Gasteiger partial charge in [0.15, 0.2) is 0 Å². The quantitative estimate of drug-likeness (QED) is 0.906. The number of piperidine rings is 1. The first-order valence-corrected chi connectivity index (χ1v) is 8.63. The van der Waals surface area contributed by atoms with Crippen LogP contribution in [0.3, 0.4) is 0 Å². The summed E-state index contributed by atoms with van der Waals surface area (Å²) < 4.78 is 11.2. The molecule has 1 aromatic rings. The van der Waals surface area contributed by atoms with Crippen LogP contribution in [0.4, 0.5) is 0 Å². The second-order valence-corrected chi connectivity index (χ2v) is 7.37. The van der Waals surface area contributed by atoms with Gasteiger partial charge in [-0.25, -0.2) is 0 Å². The van der Waals surface area contributed by atoms with Gasteiger partial charge in [-0.3, -0.25) is 4.79 Å². The van der Waals surface area contributed by atoms with Gasteiger partial charge in [-0.15, -0.1) is 11.3 Å². The highest BCUT2D eigenvalue weighted by atomic mass is 32.1. The fourth-order valence-electron chi connectivity index (χ4n) is 3.41. The van der Waals surface area contributed by atoms with E-state index in [9.17, 15) is 9.90 Å². The minimum absolute atomic E-state index is 0.0232. The van der Waals surface area contributed by atoms with Crippen molar-refractivity contribution in [3.8, 4) is 5.75 Å². The van der Waals surface area contributed by atoms with Crippen molar-refractivity contribution in [1.82, 2.24) is 4.90 Å². The minimum atomic E-state index is -0.440. The second kappa shape index (κ2) is 6.18. The smallest absolute Gasteiger partial charge is 0.267 e. The molecule has 0 aromatic carbocycles. The third kappa shape index (κ3) is 2.75. The molecule has 122 valence electrons. The molecule has 0 saturated carbocycles. The summed E-state index contributed by atoms with van der Waals surface area (Å²) in [4.78, 5) is 16.3. The zero-order valence-corrected chi connectivity index (χ0v) is 13.9. The van der Waals surface area contributed by atoms with Gasteiger partial charge in [-0.05, 0) is 38.7 Å². The van der Waals surface area contributed by atoms with Crippen molar-refractivity contribution in [1.29, 1.82) is 0 Å². The summed E-state index contributed by atoms with van der Waals surface area (Å²) in [5.41, 5.74) is -0.440. The maximum Gasteiger partial charge on any atom is 0.267 e. The number of hydrogen-bond donors (Lipinski definition) is 1. The van der Waals surface area contributed by atoms with Gasteiger partial charge >= 0.3 is 0 Å². The zero-order chi connectivity index (χ0) is 15.7. The van der Waals surface area contributed by atoms with Crippen molar-refractivity contribution in [2.75, 3.05) is 26.8 Å². The number of nitrogens with zero attached hydrogens (tertiary/aromatic N) is 1. The van der Waals surface area contributed by atoms with Crippen molar-refractivity contribution in [2.24, 2.45) is 0 Å². The Morgan fingerprint density at radius 3 is 2.86 bits per heavy atom. The van der Waals surface area contributed by atoms with Crippen LogP contribution in [0.15, 0.2) is 6.07 Å². The summed E-state index contributed by atoms with van der Waals surface area (Å²) >= 11 is 1.47. The van der Waals surface area contributed by atoms with Gasteiger partial charge in [0.05, 0.1) is 18.8 Å². The summed E-state index contributed by atoms with van der Waals surface area (Å²) in [6.45, 7) is 3.93. The van der Waals surface area contributed by atoms with Crippen molar-refractivity contribution >= 4 is 17.2 Å². The number of rotatable bonds is 2. The second-order valence-electron chi connectivity index (χ2n) is 6.12. The van der Waals surface area contributed by atoms with E-state index in [2.05, 4.69) is 0 Å². The lowest BCUT2D eigenvalue weighted by molar-refractivity contribution is -0.174. The van der Waals surface area contributed by atoms with E-state index >= 15 is 0 Å². The molecule has 5 nitrogen and oxygen atoms in total. The Kier molecular flexibility index (Phi) is 4.43. The van der Waals surface area contributed by atoms with Gasteiger partial charge in [0.1, 0.15) is 10.6 Å². The SMILES string of the molecule is COc1cc(C)sc1C(=O)N1CCC2(CC1)OCCC[C@@H]2O. The zero-order valence-electron chi connectivity index (χ0n) is 13.1. The molecule has 2 fully saturated rings. The standard InChI is InChI=1S/C16H23NO4S/c1-11-10-12(20-2)14(22-11)15(19)17-7-5-16(6-8-17)13(18)4-3-9-21-16/h10,13,18H,3-9H2,1-2H3/t13-/m0/s1. The highest BCUT2D eigenvalue weighted by Gasteiger charge is 2.44. The summed E-state index contributed by atoms with van der Waals surface area (Å²) in [7, 11) is 1.59. The van der Waals surface area contributed by atoms with Crippen LogP contribution >= 0.6 is 11.3 Å². The Bertz CT molecular complexity index is 548. The average molecular weight is 325 g/mol. The molecule has 0 aliphatic carbocycles. The lowest BCUT2D eigenvalue weighted by atomic mass is 9.82. The molecule has 1 N–H and O–H groups in total. The van der Waals surface area contributed by atoms with E-state index in [1.807, 2.05) is 17.9 Å².